The summed E-state index contributed by atoms with van der Waals surface area (Å²) in [6, 6.07) is 6.01. The number of aromatic nitrogens is 6. The van der Waals surface area contributed by atoms with Crippen molar-refractivity contribution in [1.82, 2.24) is 29.5 Å². The van der Waals surface area contributed by atoms with Gasteiger partial charge in [0.15, 0.2) is 0 Å². The molecule has 0 amide bonds. The molecule has 0 radical (unpaired) electrons. The number of nitrogens with zero attached hydrogens (tertiary/aromatic N) is 6. The Balaban J connectivity index is 1.47. The van der Waals surface area contributed by atoms with Crippen LogP contribution in [0.15, 0.2) is 35.2 Å². The van der Waals surface area contributed by atoms with Crippen molar-refractivity contribution in [2.75, 3.05) is 20.8 Å². The standard InChI is InChI=1S/C25H28N6O4/c1-25(2,33-4)24-27-23(29-35-24)22-20-10-15-12-30(13-17-6-5-9-34-17)28-21(15)18-11-16(32-3)7-8-19(18)31(20)14-26-22/h7-8,11-12,14,17H,5-6,9-10,13H2,1-4H3. The molecule has 0 saturated carbocycles. The average molecular weight is 477 g/mol. The van der Waals surface area contributed by atoms with Crippen LogP contribution >= 0.6 is 0 Å². The fourth-order valence-corrected chi connectivity index (χ4v) is 4.72. The van der Waals surface area contributed by atoms with Crippen molar-refractivity contribution in [3.05, 3.63) is 47.9 Å². The summed E-state index contributed by atoms with van der Waals surface area (Å²) in [6.45, 7) is 5.33. The minimum absolute atomic E-state index is 0.200. The van der Waals surface area contributed by atoms with E-state index in [9.17, 15) is 0 Å². The lowest BCUT2D eigenvalue weighted by Crippen LogP contribution is -2.19. The molecule has 0 N–H and O–H groups in total. The van der Waals surface area contributed by atoms with E-state index in [2.05, 4.69) is 20.9 Å². The van der Waals surface area contributed by atoms with Crippen molar-refractivity contribution < 1.29 is 18.7 Å². The Kier molecular flexibility index (Phi) is 5.23. The van der Waals surface area contributed by atoms with Gasteiger partial charge in [0.1, 0.15) is 23.4 Å². The average Bonchev–Trinajstić information content (AvgIpc) is 3.66. The number of hydrogen-bond donors (Lipinski definition) is 0. The van der Waals surface area contributed by atoms with Crippen LogP contribution in [0.2, 0.25) is 0 Å². The largest absolute Gasteiger partial charge is 0.497 e. The maximum atomic E-state index is 5.85. The molecule has 6 rings (SSSR count). The van der Waals surface area contributed by atoms with Gasteiger partial charge in [-0.15, -0.1) is 0 Å². The van der Waals surface area contributed by atoms with E-state index < -0.39 is 5.60 Å². The Labute approximate surface area is 202 Å². The molecule has 2 aliphatic rings. The number of rotatable bonds is 6. The minimum atomic E-state index is -0.693. The van der Waals surface area contributed by atoms with Crippen molar-refractivity contribution >= 4 is 0 Å². The van der Waals surface area contributed by atoms with E-state index in [0.29, 0.717) is 23.8 Å². The van der Waals surface area contributed by atoms with E-state index in [0.717, 1.165) is 59.9 Å². The molecule has 1 fully saturated rings. The molecule has 10 heteroatoms. The van der Waals surface area contributed by atoms with Crippen LogP contribution in [0.25, 0.3) is 28.5 Å². The second-order valence-corrected chi connectivity index (χ2v) is 9.47. The van der Waals surface area contributed by atoms with Crippen molar-refractivity contribution in [2.24, 2.45) is 0 Å². The number of hydrogen-bond acceptors (Lipinski definition) is 8. The van der Waals surface area contributed by atoms with Gasteiger partial charge < -0.3 is 23.3 Å². The van der Waals surface area contributed by atoms with Crippen LogP contribution in [0, 0.1) is 0 Å². The van der Waals surface area contributed by atoms with Crippen molar-refractivity contribution in [1.29, 1.82) is 0 Å². The van der Waals surface area contributed by atoms with Crippen molar-refractivity contribution in [3.8, 4) is 34.2 Å². The molecule has 1 unspecified atom stereocenters. The van der Waals surface area contributed by atoms with E-state index in [1.54, 1.807) is 20.5 Å². The lowest BCUT2D eigenvalue weighted by Gasteiger charge is -2.16. The first-order chi connectivity index (χ1) is 17.0. The molecule has 0 spiro atoms. The predicted molar refractivity (Wildman–Crippen MR) is 126 cm³/mol. The summed E-state index contributed by atoms with van der Waals surface area (Å²) in [5, 5.41) is 9.21. The Hall–Kier alpha value is -3.50. The van der Waals surface area contributed by atoms with Gasteiger partial charge in [-0.1, -0.05) is 5.16 Å². The van der Waals surface area contributed by atoms with Crippen LogP contribution in [-0.2, 0) is 28.0 Å². The first-order valence-corrected chi connectivity index (χ1v) is 11.8. The zero-order chi connectivity index (χ0) is 24.2. The highest BCUT2D eigenvalue weighted by Gasteiger charge is 2.31. The number of benzene rings is 1. The molecule has 5 heterocycles. The number of fused-ring (bicyclic) bond motifs is 5. The molecular weight excluding hydrogens is 448 g/mol. The minimum Gasteiger partial charge on any atom is -0.497 e. The highest BCUT2D eigenvalue weighted by Crippen LogP contribution is 2.39. The van der Waals surface area contributed by atoms with E-state index in [4.69, 9.17) is 28.8 Å². The summed E-state index contributed by atoms with van der Waals surface area (Å²) in [7, 11) is 3.29. The smallest absolute Gasteiger partial charge is 0.258 e. The SMILES string of the molecule is COc1ccc2c(c1)-c1nn(CC3CCCO3)cc1Cc1c(-c3noc(C(C)(C)OC)n3)ncn1-2. The zero-order valence-electron chi connectivity index (χ0n) is 20.3. The fraction of sp³-hybridized carbons (Fsp3) is 0.440. The van der Waals surface area contributed by atoms with E-state index >= 15 is 0 Å². The van der Waals surface area contributed by atoms with Gasteiger partial charge in [0, 0.05) is 37.5 Å². The molecule has 4 aromatic rings. The lowest BCUT2D eigenvalue weighted by atomic mass is 10.0. The third kappa shape index (κ3) is 3.73. The third-order valence-corrected chi connectivity index (χ3v) is 6.86. The van der Waals surface area contributed by atoms with E-state index in [1.807, 2.05) is 36.7 Å². The number of ether oxygens (including phenoxy) is 3. The summed E-state index contributed by atoms with van der Waals surface area (Å²) in [6.07, 6.45) is 6.89. The Morgan fingerprint density at radius 1 is 1.20 bits per heavy atom. The van der Waals surface area contributed by atoms with Gasteiger partial charge in [-0.05, 0) is 44.9 Å². The highest BCUT2D eigenvalue weighted by molar-refractivity contribution is 5.77. The van der Waals surface area contributed by atoms with Gasteiger partial charge >= 0.3 is 0 Å². The van der Waals surface area contributed by atoms with Gasteiger partial charge in [0.2, 0.25) is 5.82 Å². The van der Waals surface area contributed by atoms with E-state index in [-0.39, 0.29) is 6.10 Å². The van der Waals surface area contributed by atoms with Crippen LogP contribution < -0.4 is 4.74 Å². The zero-order valence-corrected chi connectivity index (χ0v) is 20.3. The maximum Gasteiger partial charge on any atom is 0.258 e. The molecule has 35 heavy (non-hydrogen) atoms. The van der Waals surface area contributed by atoms with Gasteiger partial charge in [0.25, 0.3) is 5.89 Å². The first-order valence-electron chi connectivity index (χ1n) is 11.8. The molecule has 2 aliphatic heterocycles. The second kappa shape index (κ2) is 8.31. The molecule has 1 saturated heterocycles. The van der Waals surface area contributed by atoms with Crippen molar-refractivity contribution in [3.63, 3.8) is 0 Å². The summed E-state index contributed by atoms with van der Waals surface area (Å²) in [4.78, 5) is 9.30. The van der Waals surface area contributed by atoms with Crippen molar-refractivity contribution in [2.45, 2.75) is 51.4 Å². The monoisotopic (exact) mass is 476 g/mol. The highest BCUT2D eigenvalue weighted by atomic mass is 16.5. The second-order valence-electron chi connectivity index (χ2n) is 9.47. The van der Waals surface area contributed by atoms with Crippen LogP contribution in [0.1, 0.15) is 43.8 Å². The topological polar surface area (TPSA) is 102 Å². The molecule has 182 valence electrons. The lowest BCUT2D eigenvalue weighted by molar-refractivity contribution is -0.00786. The molecule has 0 bridgehead atoms. The molecule has 3 aromatic heterocycles. The summed E-state index contributed by atoms with van der Waals surface area (Å²) < 4.78 is 26.5. The van der Waals surface area contributed by atoms with Crippen LogP contribution in [0.4, 0.5) is 0 Å². The van der Waals surface area contributed by atoms with Gasteiger partial charge in [-0.3, -0.25) is 4.68 Å². The molecule has 10 nitrogen and oxygen atoms in total. The molecule has 0 aliphatic carbocycles. The molecular formula is C25H28N6O4. The number of methoxy groups -OCH3 is 2. The molecule has 1 atom stereocenters. The summed E-state index contributed by atoms with van der Waals surface area (Å²) in [5.74, 6) is 1.61. The Morgan fingerprint density at radius 2 is 2.09 bits per heavy atom. The normalized spacial score (nSPS) is 17.1. The third-order valence-electron chi connectivity index (χ3n) is 6.86. The van der Waals surface area contributed by atoms with Gasteiger partial charge in [0.05, 0.1) is 36.8 Å². The van der Waals surface area contributed by atoms with Gasteiger partial charge in [-0.2, -0.15) is 10.1 Å². The van der Waals surface area contributed by atoms with Crippen LogP contribution in [0.3, 0.4) is 0 Å². The Bertz CT molecular complexity index is 1380. The Morgan fingerprint density at radius 3 is 2.86 bits per heavy atom. The van der Waals surface area contributed by atoms with Crippen LogP contribution in [0.5, 0.6) is 5.75 Å². The quantitative estimate of drug-likeness (QED) is 0.365. The maximum absolute atomic E-state index is 5.85. The first kappa shape index (κ1) is 22.0. The summed E-state index contributed by atoms with van der Waals surface area (Å²) >= 11 is 0. The predicted octanol–water partition coefficient (Wildman–Crippen LogP) is 3.76. The summed E-state index contributed by atoms with van der Waals surface area (Å²) in [5.41, 5.74) is 4.94. The van der Waals surface area contributed by atoms with E-state index in [1.165, 1.54) is 0 Å². The van der Waals surface area contributed by atoms with Gasteiger partial charge in [-0.25, -0.2) is 4.98 Å². The fourth-order valence-electron chi connectivity index (χ4n) is 4.72. The van der Waals surface area contributed by atoms with Crippen LogP contribution in [-0.4, -0.2) is 56.4 Å². The number of imidazole rings is 1. The molecule has 1 aromatic carbocycles.